The first-order valence-corrected chi connectivity index (χ1v) is 12.7. The molecule has 190 valence electrons. The molecular formula is C23H29FN4O6S. The molecule has 35 heavy (non-hydrogen) atoms. The lowest BCUT2D eigenvalue weighted by Gasteiger charge is -2.32. The number of halogens is 1. The van der Waals surface area contributed by atoms with Crippen molar-refractivity contribution in [2.75, 3.05) is 23.7 Å². The van der Waals surface area contributed by atoms with Crippen molar-refractivity contribution in [3.8, 4) is 0 Å². The molecule has 12 heteroatoms. The lowest BCUT2D eigenvalue weighted by Crippen LogP contribution is -2.51. The average molecular weight is 509 g/mol. The summed E-state index contributed by atoms with van der Waals surface area (Å²) < 4.78 is 40.4. The zero-order valence-corrected chi connectivity index (χ0v) is 20.8. The maximum atomic E-state index is 14.4. The molecule has 0 aliphatic rings. The van der Waals surface area contributed by atoms with Crippen molar-refractivity contribution in [2.45, 2.75) is 39.8 Å². The zero-order valence-electron chi connectivity index (χ0n) is 20.0. The van der Waals surface area contributed by atoms with E-state index in [1.807, 2.05) is 6.92 Å². The van der Waals surface area contributed by atoms with Gasteiger partial charge < -0.3 is 10.2 Å². The standard InChI is InChI=1S/C23H29FN4O6S/c1-5-12-25-23(30)17(3)26(14-18-8-6-7-9-20(18)24)22(29)15-27(35(4,33)34)21-13-19(28(31)32)11-10-16(21)2/h6-11,13,17H,5,12,14-15H2,1-4H3,(H,25,30)/t17-/m1/s1. The molecule has 0 heterocycles. The fraction of sp³-hybridized carbons (Fsp3) is 0.391. The minimum atomic E-state index is -4.06. The van der Waals surface area contributed by atoms with Crippen LogP contribution in [0.4, 0.5) is 15.8 Å². The normalized spacial score (nSPS) is 12.0. The van der Waals surface area contributed by atoms with Crippen LogP contribution in [0.25, 0.3) is 0 Å². The fourth-order valence-corrected chi connectivity index (χ4v) is 4.26. The molecule has 2 aromatic carbocycles. The molecule has 2 rings (SSSR count). The van der Waals surface area contributed by atoms with Crippen LogP contribution >= 0.6 is 0 Å². The van der Waals surface area contributed by atoms with Gasteiger partial charge in [0.2, 0.25) is 21.8 Å². The Morgan fingerprint density at radius 2 is 1.86 bits per heavy atom. The Morgan fingerprint density at radius 3 is 2.43 bits per heavy atom. The minimum Gasteiger partial charge on any atom is -0.354 e. The zero-order chi connectivity index (χ0) is 26.3. The number of non-ortho nitro benzene ring substituents is 1. The van der Waals surface area contributed by atoms with Gasteiger partial charge in [0.05, 0.1) is 16.9 Å². The molecule has 0 aliphatic heterocycles. The molecule has 2 aromatic rings. The van der Waals surface area contributed by atoms with Gasteiger partial charge in [-0.2, -0.15) is 0 Å². The largest absolute Gasteiger partial charge is 0.354 e. The highest BCUT2D eigenvalue weighted by atomic mass is 32.2. The average Bonchev–Trinajstić information content (AvgIpc) is 2.79. The van der Waals surface area contributed by atoms with E-state index in [9.17, 15) is 32.5 Å². The van der Waals surface area contributed by atoms with E-state index < -0.39 is 45.2 Å². The summed E-state index contributed by atoms with van der Waals surface area (Å²) in [6.07, 6.45) is 1.53. The van der Waals surface area contributed by atoms with E-state index in [1.54, 1.807) is 13.0 Å². The first-order chi connectivity index (χ1) is 16.4. The van der Waals surface area contributed by atoms with Crippen LogP contribution in [0.2, 0.25) is 0 Å². The Bertz CT molecular complexity index is 1200. The fourth-order valence-electron chi connectivity index (χ4n) is 3.36. The lowest BCUT2D eigenvalue weighted by atomic mass is 10.1. The molecule has 0 aliphatic carbocycles. The summed E-state index contributed by atoms with van der Waals surface area (Å²) in [6.45, 7) is 4.23. The summed E-state index contributed by atoms with van der Waals surface area (Å²) in [6, 6.07) is 8.39. The van der Waals surface area contributed by atoms with E-state index >= 15 is 0 Å². The van der Waals surface area contributed by atoms with Crippen molar-refractivity contribution >= 4 is 33.2 Å². The number of carbonyl (C=O) groups excluding carboxylic acids is 2. The lowest BCUT2D eigenvalue weighted by molar-refractivity contribution is -0.384. The molecule has 10 nitrogen and oxygen atoms in total. The third kappa shape index (κ3) is 7.22. The number of nitro groups is 1. The molecule has 1 atom stereocenters. The van der Waals surface area contributed by atoms with Crippen molar-refractivity contribution in [2.24, 2.45) is 0 Å². The van der Waals surface area contributed by atoms with Gasteiger partial charge in [-0.1, -0.05) is 31.2 Å². The van der Waals surface area contributed by atoms with E-state index in [0.717, 1.165) is 21.5 Å². The predicted molar refractivity (Wildman–Crippen MR) is 130 cm³/mol. The number of anilines is 1. The molecule has 1 N–H and O–H groups in total. The Hall–Kier alpha value is -3.54. The Morgan fingerprint density at radius 1 is 1.20 bits per heavy atom. The highest BCUT2D eigenvalue weighted by Crippen LogP contribution is 2.28. The molecular weight excluding hydrogens is 479 g/mol. The second-order valence-corrected chi connectivity index (χ2v) is 9.98. The first-order valence-electron chi connectivity index (χ1n) is 10.9. The van der Waals surface area contributed by atoms with Gasteiger partial charge in [-0.3, -0.25) is 24.0 Å². The maximum absolute atomic E-state index is 14.4. The van der Waals surface area contributed by atoms with E-state index in [1.165, 1.54) is 37.3 Å². The van der Waals surface area contributed by atoms with E-state index in [4.69, 9.17) is 0 Å². The van der Waals surface area contributed by atoms with E-state index in [0.29, 0.717) is 18.5 Å². The molecule has 0 aromatic heterocycles. The number of hydrogen-bond donors (Lipinski definition) is 1. The molecule has 0 saturated heterocycles. The van der Waals surface area contributed by atoms with Crippen LogP contribution in [0.3, 0.4) is 0 Å². The van der Waals surface area contributed by atoms with Crippen molar-refractivity contribution in [3.63, 3.8) is 0 Å². The first kappa shape index (κ1) is 27.7. The topological polar surface area (TPSA) is 130 Å². The van der Waals surface area contributed by atoms with Crippen LogP contribution < -0.4 is 9.62 Å². The molecule has 2 amide bonds. The summed E-state index contributed by atoms with van der Waals surface area (Å²) in [5, 5.41) is 13.9. The van der Waals surface area contributed by atoms with Gasteiger partial charge in [-0.15, -0.1) is 0 Å². The molecule has 0 spiro atoms. The summed E-state index contributed by atoms with van der Waals surface area (Å²) in [5.74, 6) is -1.83. The number of nitrogens with zero attached hydrogens (tertiary/aromatic N) is 3. The van der Waals surface area contributed by atoms with E-state index in [2.05, 4.69) is 5.32 Å². The second kappa shape index (κ2) is 11.7. The number of nitrogens with one attached hydrogen (secondary N) is 1. The van der Waals surface area contributed by atoms with Gasteiger partial charge >= 0.3 is 0 Å². The van der Waals surface area contributed by atoms with Crippen LogP contribution in [-0.2, 0) is 26.2 Å². The molecule has 0 saturated carbocycles. The smallest absolute Gasteiger partial charge is 0.271 e. The van der Waals surface area contributed by atoms with Crippen molar-refractivity contribution in [1.29, 1.82) is 0 Å². The van der Waals surface area contributed by atoms with Gasteiger partial charge in [-0.05, 0) is 31.9 Å². The number of benzene rings is 2. The summed E-state index contributed by atoms with van der Waals surface area (Å²) in [5.41, 5.74) is 0.155. The number of carbonyl (C=O) groups is 2. The Labute approximate surface area is 203 Å². The summed E-state index contributed by atoms with van der Waals surface area (Å²) in [7, 11) is -4.06. The minimum absolute atomic E-state index is 0.0380. The number of nitro benzene ring substituents is 1. The van der Waals surface area contributed by atoms with Crippen molar-refractivity contribution < 1.29 is 27.3 Å². The number of hydrogen-bond acceptors (Lipinski definition) is 6. The van der Waals surface area contributed by atoms with Crippen molar-refractivity contribution in [1.82, 2.24) is 10.2 Å². The molecule has 0 fully saturated rings. The van der Waals surface area contributed by atoms with Gasteiger partial charge in [0, 0.05) is 30.8 Å². The number of aryl methyl sites for hydroxylation is 1. The van der Waals surface area contributed by atoms with Crippen molar-refractivity contribution in [3.05, 3.63) is 69.5 Å². The Balaban J connectivity index is 2.48. The van der Waals surface area contributed by atoms with Gasteiger partial charge in [0.25, 0.3) is 5.69 Å². The highest BCUT2D eigenvalue weighted by Gasteiger charge is 2.31. The predicted octanol–water partition coefficient (Wildman–Crippen LogP) is 2.75. The number of rotatable bonds is 11. The van der Waals surface area contributed by atoms with Crippen LogP contribution in [0, 0.1) is 22.9 Å². The Kier molecular flexibility index (Phi) is 9.29. The van der Waals surface area contributed by atoms with Gasteiger partial charge in [0.15, 0.2) is 0 Å². The SMILES string of the molecule is CCCNC(=O)[C@@H](C)N(Cc1ccccc1F)C(=O)CN(c1cc([N+](=O)[O-])ccc1C)S(C)(=O)=O. The maximum Gasteiger partial charge on any atom is 0.271 e. The molecule has 0 bridgehead atoms. The monoisotopic (exact) mass is 508 g/mol. The summed E-state index contributed by atoms with van der Waals surface area (Å²) >= 11 is 0. The number of sulfonamides is 1. The third-order valence-electron chi connectivity index (χ3n) is 5.37. The van der Waals surface area contributed by atoms with Gasteiger partial charge in [-0.25, -0.2) is 12.8 Å². The molecule has 0 radical (unpaired) electrons. The van der Waals surface area contributed by atoms with Crippen LogP contribution in [0.15, 0.2) is 42.5 Å². The van der Waals surface area contributed by atoms with E-state index in [-0.39, 0.29) is 23.5 Å². The molecule has 0 unspecified atom stereocenters. The second-order valence-electron chi connectivity index (χ2n) is 8.08. The third-order valence-corrected chi connectivity index (χ3v) is 6.49. The number of amides is 2. The van der Waals surface area contributed by atoms with Crippen LogP contribution in [-0.4, -0.2) is 55.4 Å². The highest BCUT2D eigenvalue weighted by molar-refractivity contribution is 7.92. The van der Waals surface area contributed by atoms with Crippen LogP contribution in [0.1, 0.15) is 31.4 Å². The quantitative estimate of drug-likeness (QED) is 0.367. The van der Waals surface area contributed by atoms with Gasteiger partial charge in [0.1, 0.15) is 18.4 Å². The van der Waals surface area contributed by atoms with Crippen LogP contribution in [0.5, 0.6) is 0 Å². The summed E-state index contributed by atoms with van der Waals surface area (Å²) in [4.78, 5) is 37.7.